The molecule has 0 aromatic heterocycles. The summed E-state index contributed by atoms with van der Waals surface area (Å²) in [6.45, 7) is 19.5. The number of unbranched alkanes of at least 4 members (excludes halogenated alkanes) is 1. The molecule has 5 rings (SSSR count). The lowest BCUT2D eigenvalue weighted by Gasteiger charge is -2.36. The third-order valence-corrected chi connectivity index (χ3v) is 16.9. The molecule has 1 unspecified atom stereocenters. The van der Waals surface area contributed by atoms with Gasteiger partial charge in [-0.15, -0.1) is 0 Å². The predicted molar refractivity (Wildman–Crippen MR) is 235 cm³/mol. The number of hydrogen-bond acceptors (Lipinski definition) is 9. The topological polar surface area (TPSA) is 97.4 Å². The Bertz CT molecular complexity index is 2270. The molecule has 0 saturated heterocycles. The van der Waals surface area contributed by atoms with Crippen LogP contribution < -0.4 is 13.7 Å². The monoisotopic (exact) mass is 838 g/mol. The predicted octanol–water partition coefficient (Wildman–Crippen LogP) is 12.2. The maximum Gasteiger partial charge on any atom is 0.340 e. The van der Waals surface area contributed by atoms with E-state index < -0.39 is 30.5 Å². The lowest BCUT2D eigenvalue weighted by atomic mass is 9.91. The van der Waals surface area contributed by atoms with Crippen LogP contribution in [0.25, 0.3) is 11.1 Å². The summed E-state index contributed by atoms with van der Waals surface area (Å²) >= 11 is 1.31. The molecule has 0 N–H and O–H groups in total. The molecule has 0 saturated carbocycles. The molecule has 58 heavy (non-hydrogen) atoms. The van der Waals surface area contributed by atoms with E-state index in [0.29, 0.717) is 46.1 Å². The van der Waals surface area contributed by atoms with Crippen molar-refractivity contribution >= 4 is 36.2 Å². The molecule has 1 atom stereocenters. The maximum absolute atomic E-state index is 14.2. The molecule has 5 aromatic carbocycles. The summed E-state index contributed by atoms with van der Waals surface area (Å²) in [5, 5.41) is 0.0159. The SMILES string of the molecule is C=CCOc1ccc(CO[Si](C)(C)C(C)(C)C)cc1C(OC(C)=O)c1ccccc1-c1ccc(Sc2ccc(OCCCC)cc2)c(S(=O)(=O)Oc2ccccc2)c1. The average Bonchev–Trinajstić information content (AvgIpc) is 3.19. The summed E-state index contributed by atoms with van der Waals surface area (Å²) in [5.74, 6) is 0.965. The number of carbonyl (C=O) groups excluding carboxylic acids is 1. The summed E-state index contributed by atoms with van der Waals surface area (Å²) in [6, 6.07) is 34.5. The van der Waals surface area contributed by atoms with Gasteiger partial charge >= 0.3 is 16.1 Å². The van der Waals surface area contributed by atoms with Crippen molar-refractivity contribution in [3.63, 3.8) is 0 Å². The van der Waals surface area contributed by atoms with E-state index in [2.05, 4.69) is 47.4 Å². The normalized spacial score (nSPS) is 12.4. The van der Waals surface area contributed by atoms with E-state index in [1.165, 1.54) is 18.7 Å². The van der Waals surface area contributed by atoms with Crippen LogP contribution >= 0.6 is 11.8 Å². The fourth-order valence-electron chi connectivity index (χ4n) is 5.77. The minimum atomic E-state index is -4.34. The molecule has 0 amide bonds. The van der Waals surface area contributed by atoms with Crippen LogP contribution in [-0.4, -0.2) is 35.9 Å². The minimum Gasteiger partial charge on any atom is -0.494 e. The van der Waals surface area contributed by atoms with Gasteiger partial charge in [0.25, 0.3) is 0 Å². The van der Waals surface area contributed by atoms with Crippen molar-refractivity contribution < 1.29 is 36.0 Å². The molecule has 0 aliphatic carbocycles. The number of esters is 1. The maximum atomic E-state index is 14.2. The molecule has 11 heteroatoms. The van der Waals surface area contributed by atoms with Crippen molar-refractivity contribution in [2.75, 3.05) is 13.2 Å². The highest BCUT2D eigenvalue weighted by atomic mass is 32.2. The Hall–Kier alpha value is -4.81. The Kier molecular flexibility index (Phi) is 15.1. The first-order valence-electron chi connectivity index (χ1n) is 19.4. The van der Waals surface area contributed by atoms with Crippen LogP contribution in [0.4, 0.5) is 0 Å². The Balaban J connectivity index is 1.61. The number of para-hydroxylation sites is 1. The van der Waals surface area contributed by atoms with Crippen molar-refractivity contribution in [3.8, 4) is 28.4 Å². The standard InChI is InChI=1S/C47H54O8S2Si/c1-9-11-30-51-37-23-25-39(26-24-37)56-44-28-22-36(32-45(44)57(49,50)55-38-17-13-12-14-18-38)40-19-15-16-20-41(40)46(54-34(3)48)42-31-35(21-27-43(42)52-29-10-2)33-53-58(7,8)47(4,5)6/h10,12-28,31-32,46H,2,9,11,29-30,33H2,1,3-8H3. The molecule has 0 fully saturated rings. The molecular formula is C47H54O8S2Si. The van der Waals surface area contributed by atoms with Crippen LogP contribution in [-0.2, 0) is 30.7 Å². The molecule has 0 aliphatic rings. The summed E-state index contributed by atoms with van der Waals surface area (Å²) in [7, 11) is -6.44. The van der Waals surface area contributed by atoms with Crippen molar-refractivity contribution in [1.82, 2.24) is 0 Å². The van der Waals surface area contributed by atoms with Crippen molar-refractivity contribution in [1.29, 1.82) is 0 Å². The van der Waals surface area contributed by atoms with E-state index in [-0.39, 0.29) is 22.3 Å². The summed E-state index contributed by atoms with van der Waals surface area (Å²) in [6.07, 6.45) is 2.72. The smallest absolute Gasteiger partial charge is 0.340 e. The van der Waals surface area contributed by atoms with Crippen LogP contribution in [0.3, 0.4) is 0 Å². The number of carbonyl (C=O) groups is 1. The summed E-state index contributed by atoms with van der Waals surface area (Å²) in [5.41, 5.74) is 3.39. The van der Waals surface area contributed by atoms with Gasteiger partial charge in [0.2, 0.25) is 0 Å². The highest BCUT2D eigenvalue weighted by molar-refractivity contribution is 8.00. The third-order valence-electron chi connectivity index (χ3n) is 9.94. The summed E-state index contributed by atoms with van der Waals surface area (Å²) in [4.78, 5) is 14.2. The first kappa shape index (κ1) is 44.3. The molecule has 8 nitrogen and oxygen atoms in total. The molecular weight excluding hydrogens is 785 g/mol. The van der Waals surface area contributed by atoms with Crippen molar-refractivity contribution in [2.24, 2.45) is 0 Å². The first-order chi connectivity index (χ1) is 27.6. The fraction of sp³-hybridized carbons (Fsp3) is 0.298. The van der Waals surface area contributed by atoms with Gasteiger partial charge in [0.1, 0.15) is 28.8 Å². The van der Waals surface area contributed by atoms with Gasteiger partial charge < -0.3 is 22.8 Å². The molecule has 0 radical (unpaired) electrons. The Morgan fingerprint density at radius 2 is 1.55 bits per heavy atom. The van der Waals surface area contributed by atoms with Gasteiger partial charge in [0.15, 0.2) is 14.4 Å². The molecule has 0 spiro atoms. The number of ether oxygens (including phenoxy) is 3. The van der Waals surface area contributed by atoms with E-state index >= 15 is 0 Å². The highest BCUT2D eigenvalue weighted by Gasteiger charge is 2.37. The Morgan fingerprint density at radius 1 is 0.845 bits per heavy atom. The van der Waals surface area contributed by atoms with Crippen molar-refractivity contribution in [2.45, 2.75) is 93.0 Å². The molecule has 0 bridgehead atoms. The van der Waals surface area contributed by atoms with Gasteiger partial charge in [-0.25, -0.2) is 0 Å². The lowest BCUT2D eigenvalue weighted by Crippen LogP contribution is -2.40. The van der Waals surface area contributed by atoms with E-state index in [0.717, 1.165) is 29.1 Å². The number of hydrogen-bond donors (Lipinski definition) is 0. The number of benzene rings is 5. The third kappa shape index (κ3) is 11.7. The van der Waals surface area contributed by atoms with Crippen molar-refractivity contribution in [3.05, 3.63) is 145 Å². The van der Waals surface area contributed by atoms with Gasteiger partial charge in [0.05, 0.1) is 13.2 Å². The minimum absolute atomic E-state index is 0.0132. The fourth-order valence-corrected chi connectivity index (χ4v) is 9.02. The molecule has 0 aliphatic heterocycles. The van der Waals surface area contributed by atoms with Gasteiger partial charge in [-0.1, -0.05) is 113 Å². The first-order valence-corrected chi connectivity index (χ1v) is 24.6. The van der Waals surface area contributed by atoms with Gasteiger partial charge in [0, 0.05) is 27.8 Å². The lowest BCUT2D eigenvalue weighted by molar-refractivity contribution is -0.144. The van der Waals surface area contributed by atoms with E-state index in [9.17, 15) is 13.2 Å². The van der Waals surface area contributed by atoms with Gasteiger partial charge in [-0.3, -0.25) is 4.79 Å². The van der Waals surface area contributed by atoms with E-state index in [4.69, 9.17) is 22.8 Å². The zero-order valence-electron chi connectivity index (χ0n) is 34.4. The van der Waals surface area contributed by atoms with E-state index in [1.807, 2.05) is 72.8 Å². The van der Waals surface area contributed by atoms with Gasteiger partial charge in [-0.05, 0) is 102 Å². The van der Waals surface area contributed by atoms with Crippen LogP contribution in [0.15, 0.2) is 143 Å². The van der Waals surface area contributed by atoms with E-state index in [1.54, 1.807) is 48.5 Å². The zero-order chi connectivity index (χ0) is 41.9. The second-order valence-corrected chi connectivity index (χ2v) is 22.8. The van der Waals surface area contributed by atoms with Gasteiger partial charge in [-0.2, -0.15) is 8.42 Å². The Morgan fingerprint density at radius 3 is 2.22 bits per heavy atom. The molecule has 306 valence electrons. The summed E-state index contributed by atoms with van der Waals surface area (Å²) < 4.78 is 58.8. The largest absolute Gasteiger partial charge is 0.494 e. The molecule has 0 heterocycles. The Labute approximate surface area is 349 Å². The zero-order valence-corrected chi connectivity index (χ0v) is 37.1. The van der Waals surface area contributed by atoms with Crippen LogP contribution in [0.2, 0.25) is 18.1 Å². The van der Waals surface area contributed by atoms with Crippen LogP contribution in [0.1, 0.15) is 70.3 Å². The number of rotatable bonds is 19. The average molecular weight is 839 g/mol. The van der Waals surface area contributed by atoms with Crippen LogP contribution in [0.5, 0.6) is 17.2 Å². The molecule has 5 aromatic rings. The second kappa shape index (κ2) is 19.8. The second-order valence-electron chi connectivity index (χ2n) is 15.4. The quantitative estimate of drug-likeness (QED) is 0.0265. The highest BCUT2D eigenvalue weighted by Crippen LogP contribution is 2.43. The van der Waals surface area contributed by atoms with Crippen LogP contribution in [0, 0.1) is 0 Å².